The first-order chi connectivity index (χ1) is 12.2. The van der Waals surface area contributed by atoms with Crippen molar-refractivity contribution >= 4 is 22.4 Å². The summed E-state index contributed by atoms with van der Waals surface area (Å²) in [5.74, 6) is 0.373. The van der Waals surface area contributed by atoms with E-state index < -0.39 is 6.67 Å². The fourth-order valence-corrected chi connectivity index (χ4v) is 3.33. The molecule has 0 aromatic carbocycles. The van der Waals surface area contributed by atoms with E-state index in [-0.39, 0.29) is 12.6 Å². The highest BCUT2D eigenvalue weighted by Crippen LogP contribution is 2.31. The van der Waals surface area contributed by atoms with Gasteiger partial charge in [-0.05, 0) is 18.6 Å². The Morgan fingerprint density at radius 1 is 1.36 bits per heavy atom. The quantitative estimate of drug-likeness (QED) is 0.700. The number of aromatic nitrogens is 4. The minimum absolute atomic E-state index is 0.0214. The number of rotatable bonds is 5. The zero-order valence-electron chi connectivity index (χ0n) is 13.3. The molecule has 0 saturated carbocycles. The monoisotopic (exact) mass is 359 g/mol. The van der Waals surface area contributed by atoms with Gasteiger partial charge in [0, 0.05) is 17.8 Å². The average molecular weight is 359 g/mol. The molecule has 0 N–H and O–H groups in total. The molecule has 1 aliphatic heterocycles. The summed E-state index contributed by atoms with van der Waals surface area (Å²) < 4.78 is 18.8. The molecule has 4 rings (SSSR count). The first kappa shape index (κ1) is 15.7. The molecule has 3 aromatic heterocycles. The molecule has 1 amide bonds. The molecule has 25 heavy (non-hydrogen) atoms. The van der Waals surface area contributed by atoms with Crippen molar-refractivity contribution in [2.45, 2.75) is 13.5 Å². The summed E-state index contributed by atoms with van der Waals surface area (Å²) in [4.78, 5) is 22.3. The third-order valence-corrected chi connectivity index (χ3v) is 4.68. The van der Waals surface area contributed by atoms with Crippen LogP contribution in [0.15, 0.2) is 30.0 Å². The van der Waals surface area contributed by atoms with Gasteiger partial charge in [-0.25, -0.2) is 14.2 Å². The largest absolute Gasteiger partial charge is 0.475 e. The topological polar surface area (TPSA) is 73.1 Å². The molecule has 0 spiro atoms. The number of hydrogen-bond donors (Lipinski definition) is 0. The van der Waals surface area contributed by atoms with E-state index in [2.05, 4.69) is 15.1 Å². The summed E-state index contributed by atoms with van der Waals surface area (Å²) in [6, 6.07) is 3.42. The number of thiazole rings is 1. The van der Waals surface area contributed by atoms with Gasteiger partial charge in [-0.1, -0.05) is 0 Å². The number of fused-ring (bicyclic) bond motifs is 1. The molecule has 4 heterocycles. The smallest absolute Gasteiger partial charge is 0.350 e. The predicted molar refractivity (Wildman–Crippen MR) is 90.8 cm³/mol. The number of anilines is 1. The van der Waals surface area contributed by atoms with Gasteiger partial charge in [-0.2, -0.15) is 9.78 Å². The highest BCUT2D eigenvalue weighted by Gasteiger charge is 2.31. The van der Waals surface area contributed by atoms with Gasteiger partial charge in [0.25, 0.3) is 0 Å². The number of pyridine rings is 1. The van der Waals surface area contributed by atoms with Gasteiger partial charge in [0.2, 0.25) is 5.88 Å². The fourth-order valence-electron chi connectivity index (χ4n) is 2.71. The number of alkyl halides is 1. The van der Waals surface area contributed by atoms with Crippen LogP contribution in [0.4, 0.5) is 14.2 Å². The lowest BCUT2D eigenvalue weighted by atomic mass is 10.1. The summed E-state index contributed by atoms with van der Waals surface area (Å²) in [6.45, 7) is 1.77. The van der Waals surface area contributed by atoms with Crippen LogP contribution in [0.2, 0.25) is 0 Å². The minimum Gasteiger partial charge on any atom is -0.475 e. The number of amides is 1. The Morgan fingerprint density at radius 2 is 2.24 bits per heavy atom. The number of hydrogen-bond acceptors (Lipinski definition) is 6. The number of ether oxygens (including phenoxy) is 1. The molecule has 1 aliphatic rings. The highest BCUT2D eigenvalue weighted by molar-refractivity contribution is 7.14. The Bertz CT molecular complexity index is 925. The van der Waals surface area contributed by atoms with Gasteiger partial charge < -0.3 is 4.74 Å². The van der Waals surface area contributed by atoms with E-state index in [4.69, 9.17) is 4.74 Å². The maximum absolute atomic E-state index is 12.5. The van der Waals surface area contributed by atoms with Crippen LogP contribution >= 0.6 is 11.3 Å². The number of carbonyl (C=O) groups excluding carboxylic acids is 1. The second-order valence-corrected chi connectivity index (χ2v) is 6.38. The van der Waals surface area contributed by atoms with Gasteiger partial charge in [-0.15, -0.1) is 11.3 Å². The van der Waals surface area contributed by atoms with E-state index in [0.29, 0.717) is 18.1 Å². The van der Waals surface area contributed by atoms with Crippen molar-refractivity contribution < 1.29 is 13.9 Å². The molecule has 0 unspecified atom stereocenters. The van der Waals surface area contributed by atoms with E-state index in [9.17, 15) is 9.18 Å². The van der Waals surface area contributed by atoms with Crippen molar-refractivity contribution in [3.63, 3.8) is 0 Å². The van der Waals surface area contributed by atoms with Crippen LogP contribution in [0.5, 0.6) is 5.88 Å². The Kier molecular flexibility index (Phi) is 3.92. The van der Waals surface area contributed by atoms with Crippen molar-refractivity contribution in [1.82, 2.24) is 19.7 Å². The zero-order chi connectivity index (χ0) is 17.4. The summed E-state index contributed by atoms with van der Waals surface area (Å²) >= 11 is 1.41. The molecular formula is C16H14FN5O2S. The van der Waals surface area contributed by atoms with Crippen molar-refractivity contribution in [2.24, 2.45) is 0 Å². The molecule has 0 radical (unpaired) electrons. The summed E-state index contributed by atoms with van der Waals surface area (Å²) in [7, 11) is 0. The molecule has 0 saturated heterocycles. The molecule has 0 bridgehead atoms. The van der Waals surface area contributed by atoms with Crippen LogP contribution in [0.25, 0.3) is 11.3 Å². The van der Waals surface area contributed by atoms with Gasteiger partial charge in [0.05, 0.1) is 29.6 Å². The van der Waals surface area contributed by atoms with E-state index >= 15 is 0 Å². The maximum Gasteiger partial charge on any atom is 0.350 e. The van der Waals surface area contributed by atoms with Crippen molar-refractivity contribution in [3.8, 4) is 17.1 Å². The van der Waals surface area contributed by atoms with E-state index in [0.717, 1.165) is 21.8 Å². The van der Waals surface area contributed by atoms with E-state index in [1.807, 2.05) is 13.0 Å². The SMILES string of the molecule is Cc1cc(OCCF)ncc1-c1cc2n(n1)C(=O)N(c1cncs1)C2. The van der Waals surface area contributed by atoms with Crippen LogP contribution in [0.3, 0.4) is 0 Å². The van der Waals surface area contributed by atoms with Gasteiger partial charge >= 0.3 is 6.03 Å². The fraction of sp³-hybridized carbons (Fsp3) is 0.250. The normalized spacial score (nSPS) is 13.4. The first-order valence-electron chi connectivity index (χ1n) is 7.62. The Balaban J connectivity index is 1.60. The molecule has 9 heteroatoms. The molecule has 0 aliphatic carbocycles. The van der Waals surface area contributed by atoms with Crippen molar-refractivity contribution in [1.29, 1.82) is 0 Å². The third-order valence-electron chi connectivity index (χ3n) is 3.89. The Labute approximate surface area is 146 Å². The second kappa shape index (κ2) is 6.25. The molecule has 128 valence electrons. The van der Waals surface area contributed by atoms with Gasteiger partial charge in [0.1, 0.15) is 18.3 Å². The summed E-state index contributed by atoms with van der Waals surface area (Å²) in [5.41, 5.74) is 4.88. The molecule has 7 nitrogen and oxygen atoms in total. The number of nitrogens with zero attached hydrogens (tertiary/aromatic N) is 5. The Morgan fingerprint density at radius 3 is 2.92 bits per heavy atom. The average Bonchev–Trinajstić information content (AvgIpc) is 3.31. The minimum atomic E-state index is -0.561. The molecule has 3 aromatic rings. The van der Waals surface area contributed by atoms with Gasteiger partial charge in [-0.3, -0.25) is 9.88 Å². The lowest BCUT2D eigenvalue weighted by molar-refractivity contribution is 0.248. The van der Waals surface area contributed by atoms with E-state index in [1.54, 1.807) is 28.9 Å². The first-order valence-corrected chi connectivity index (χ1v) is 8.50. The maximum atomic E-state index is 12.5. The second-order valence-electron chi connectivity index (χ2n) is 5.52. The molecule has 0 fully saturated rings. The Hall–Kier alpha value is -2.81. The lowest BCUT2D eigenvalue weighted by Crippen LogP contribution is -2.25. The molecular weight excluding hydrogens is 345 g/mol. The van der Waals surface area contributed by atoms with Crippen LogP contribution in [0, 0.1) is 6.92 Å². The van der Waals surface area contributed by atoms with Crippen LogP contribution in [-0.2, 0) is 6.54 Å². The van der Waals surface area contributed by atoms with Crippen molar-refractivity contribution in [2.75, 3.05) is 18.2 Å². The number of aryl methyl sites for hydroxylation is 1. The number of carbonyl (C=O) groups is 1. The van der Waals surface area contributed by atoms with Crippen LogP contribution in [0.1, 0.15) is 11.3 Å². The third kappa shape index (κ3) is 2.76. The lowest BCUT2D eigenvalue weighted by Gasteiger charge is -2.11. The standard InChI is InChI=1S/C16H14FN5O2S/c1-10-4-14(24-3-2-17)19-6-12(10)13-5-11-8-21(15-7-18-9-25-15)16(23)22(11)20-13/h4-7,9H,2-3,8H2,1H3. The summed E-state index contributed by atoms with van der Waals surface area (Å²) in [5, 5.41) is 5.22. The van der Waals surface area contributed by atoms with Gasteiger partial charge in [0.15, 0.2) is 0 Å². The highest BCUT2D eigenvalue weighted by atomic mass is 32.1. The van der Waals surface area contributed by atoms with Crippen LogP contribution in [-0.4, -0.2) is 39.1 Å². The predicted octanol–water partition coefficient (Wildman–Crippen LogP) is 3.05. The zero-order valence-corrected chi connectivity index (χ0v) is 14.2. The molecule has 0 atom stereocenters. The summed E-state index contributed by atoms with van der Waals surface area (Å²) in [6.07, 6.45) is 3.30. The van der Waals surface area contributed by atoms with Crippen LogP contribution < -0.4 is 9.64 Å². The van der Waals surface area contributed by atoms with Crippen molar-refractivity contribution in [3.05, 3.63) is 41.3 Å². The van der Waals surface area contributed by atoms with E-state index in [1.165, 1.54) is 16.0 Å². The number of halogens is 1.